The number of hydrogen-bond acceptors (Lipinski definition) is 4. The number of rotatable bonds is 5. The highest BCUT2D eigenvalue weighted by Gasteiger charge is 2.28. The Labute approximate surface area is 161 Å². The molecule has 134 valence electrons. The molecule has 0 spiro atoms. The van der Waals surface area contributed by atoms with Crippen molar-refractivity contribution in [1.82, 2.24) is 0 Å². The van der Waals surface area contributed by atoms with Crippen molar-refractivity contribution in [1.29, 1.82) is 0 Å². The van der Waals surface area contributed by atoms with Crippen molar-refractivity contribution < 1.29 is 14.3 Å². The topological polar surface area (TPSA) is 51.1 Å². The summed E-state index contributed by atoms with van der Waals surface area (Å²) in [5.74, 6) is 1.15. The predicted octanol–water partition coefficient (Wildman–Crippen LogP) is 4.66. The second-order valence-corrected chi connectivity index (χ2v) is 6.60. The number of carbonyl (C=O) groups is 1. The summed E-state index contributed by atoms with van der Waals surface area (Å²) >= 11 is 3.42. The lowest BCUT2D eigenvalue weighted by Crippen LogP contribution is -2.21. The van der Waals surface area contributed by atoms with E-state index in [-0.39, 0.29) is 5.91 Å². The number of hydrazone groups is 1. The average Bonchev–Trinajstić information content (AvgIpc) is 2.90. The lowest BCUT2D eigenvalue weighted by Gasteiger charge is -2.12. The van der Waals surface area contributed by atoms with Gasteiger partial charge in [-0.05, 0) is 55.8 Å². The summed E-state index contributed by atoms with van der Waals surface area (Å²) in [4.78, 5) is 12.8. The van der Waals surface area contributed by atoms with Gasteiger partial charge in [0.15, 0.2) is 11.5 Å². The average molecular weight is 415 g/mol. The molecule has 2 aromatic rings. The van der Waals surface area contributed by atoms with Crippen LogP contribution in [0, 0.1) is 0 Å². The molecule has 0 aromatic heterocycles. The molecule has 1 amide bonds. The molecule has 0 atom stereocenters. The number of anilines is 1. The number of benzene rings is 2. The highest BCUT2D eigenvalue weighted by Crippen LogP contribution is 2.31. The molecule has 0 saturated heterocycles. The quantitative estimate of drug-likeness (QED) is 0.668. The molecule has 5 nitrogen and oxygen atoms in total. The molecular formula is C20H19BrN2O3. The Balaban J connectivity index is 1.94. The standard InChI is InChI=1S/C20H19BrN2O3/c1-4-26-19-11-14(8-9-18(19)25-3)10-17-13(2)22-23(20(17)24)16-7-5-6-15(21)12-16/h5-12H,4H2,1-3H3/b17-10-. The van der Waals surface area contributed by atoms with E-state index in [4.69, 9.17) is 9.47 Å². The van der Waals surface area contributed by atoms with Crippen LogP contribution >= 0.6 is 15.9 Å². The molecule has 1 aliphatic heterocycles. The Morgan fingerprint density at radius 2 is 2.00 bits per heavy atom. The van der Waals surface area contributed by atoms with Crippen molar-refractivity contribution in [3.8, 4) is 11.5 Å². The zero-order chi connectivity index (χ0) is 18.7. The van der Waals surface area contributed by atoms with Crippen LogP contribution in [0.5, 0.6) is 11.5 Å². The molecule has 6 heteroatoms. The van der Waals surface area contributed by atoms with Crippen LogP contribution in [0.2, 0.25) is 0 Å². The molecule has 3 rings (SSSR count). The van der Waals surface area contributed by atoms with Crippen LogP contribution in [-0.2, 0) is 4.79 Å². The monoisotopic (exact) mass is 414 g/mol. The number of nitrogens with zero attached hydrogens (tertiary/aromatic N) is 2. The van der Waals surface area contributed by atoms with E-state index in [0.717, 1.165) is 15.7 Å². The van der Waals surface area contributed by atoms with Crippen LogP contribution in [0.3, 0.4) is 0 Å². The van der Waals surface area contributed by atoms with Crippen LogP contribution in [0.15, 0.2) is 57.6 Å². The summed E-state index contributed by atoms with van der Waals surface area (Å²) in [5.41, 5.74) is 2.79. The smallest absolute Gasteiger partial charge is 0.280 e. The van der Waals surface area contributed by atoms with Crippen molar-refractivity contribution in [2.24, 2.45) is 5.10 Å². The van der Waals surface area contributed by atoms with Crippen molar-refractivity contribution in [3.05, 3.63) is 58.1 Å². The lowest BCUT2D eigenvalue weighted by molar-refractivity contribution is -0.114. The van der Waals surface area contributed by atoms with Crippen LogP contribution in [0.1, 0.15) is 19.4 Å². The first-order valence-corrected chi connectivity index (χ1v) is 9.01. The minimum atomic E-state index is -0.158. The molecule has 0 saturated carbocycles. The number of carbonyl (C=O) groups excluding carboxylic acids is 1. The van der Waals surface area contributed by atoms with Gasteiger partial charge in [0.25, 0.3) is 5.91 Å². The Kier molecular flexibility index (Phi) is 5.42. The third-order valence-corrected chi connectivity index (χ3v) is 4.41. The number of ether oxygens (including phenoxy) is 2. The molecule has 1 heterocycles. The first kappa shape index (κ1) is 18.2. The molecule has 2 aromatic carbocycles. The first-order chi connectivity index (χ1) is 12.5. The third-order valence-electron chi connectivity index (χ3n) is 3.91. The summed E-state index contributed by atoms with van der Waals surface area (Å²) in [7, 11) is 1.60. The number of amides is 1. The molecule has 0 fully saturated rings. The van der Waals surface area contributed by atoms with Crippen LogP contribution in [0.4, 0.5) is 5.69 Å². The van der Waals surface area contributed by atoms with Gasteiger partial charge < -0.3 is 9.47 Å². The van der Waals surface area contributed by atoms with E-state index in [1.165, 1.54) is 5.01 Å². The zero-order valence-electron chi connectivity index (χ0n) is 14.8. The van der Waals surface area contributed by atoms with Gasteiger partial charge in [0.1, 0.15) is 0 Å². The Hall–Kier alpha value is -2.60. The van der Waals surface area contributed by atoms with Gasteiger partial charge in [-0.1, -0.05) is 28.1 Å². The van der Waals surface area contributed by atoms with Gasteiger partial charge in [0, 0.05) is 4.47 Å². The van der Waals surface area contributed by atoms with Gasteiger partial charge >= 0.3 is 0 Å². The second-order valence-electron chi connectivity index (χ2n) is 5.68. The fourth-order valence-electron chi connectivity index (χ4n) is 2.69. The van der Waals surface area contributed by atoms with Crippen molar-refractivity contribution >= 4 is 39.3 Å². The largest absolute Gasteiger partial charge is 0.493 e. The second kappa shape index (κ2) is 7.74. The van der Waals surface area contributed by atoms with E-state index in [9.17, 15) is 4.79 Å². The van der Waals surface area contributed by atoms with E-state index < -0.39 is 0 Å². The summed E-state index contributed by atoms with van der Waals surface area (Å²) in [5, 5.41) is 5.82. The van der Waals surface area contributed by atoms with E-state index in [1.54, 1.807) is 7.11 Å². The highest BCUT2D eigenvalue weighted by atomic mass is 79.9. The summed E-state index contributed by atoms with van der Waals surface area (Å²) in [6, 6.07) is 13.1. The van der Waals surface area contributed by atoms with E-state index >= 15 is 0 Å². The zero-order valence-corrected chi connectivity index (χ0v) is 16.4. The van der Waals surface area contributed by atoms with E-state index in [2.05, 4.69) is 21.0 Å². The van der Waals surface area contributed by atoms with Crippen molar-refractivity contribution in [3.63, 3.8) is 0 Å². The normalized spacial score (nSPS) is 15.4. The van der Waals surface area contributed by atoms with Crippen LogP contribution < -0.4 is 14.5 Å². The third kappa shape index (κ3) is 3.65. The molecule has 26 heavy (non-hydrogen) atoms. The minimum Gasteiger partial charge on any atom is -0.493 e. The fraction of sp³-hybridized carbons (Fsp3) is 0.200. The van der Waals surface area contributed by atoms with Crippen LogP contribution in [0.25, 0.3) is 6.08 Å². The van der Waals surface area contributed by atoms with Gasteiger partial charge in [-0.2, -0.15) is 10.1 Å². The first-order valence-electron chi connectivity index (χ1n) is 8.21. The molecule has 0 bridgehead atoms. The maximum Gasteiger partial charge on any atom is 0.280 e. The maximum atomic E-state index is 12.8. The predicted molar refractivity (Wildman–Crippen MR) is 107 cm³/mol. The molecule has 1 aliphatic rings. The number of halogens is 1. The van der Waals surface area contributed by atoms with Crippen molar-refractivity contribution in [2.75, 3.05) is 18.7 Å². The van der Waals surface area contributed by atoms with Gasteiger partial charge in [-0.15, -0.1) is 0 Å². The summed E-state index contributed by atoms with van der Waals surface area (Å²) < 4.78 is 11.8. The summed E-state index contributed by atoms with van der Waals surface area (Å²) in [6.45, 7) is 4.28. The van der Waals surface area contributed by atoms with Gasteiger partial charge in [0.2, 0.25) is 0 Å². The van der Waals surface area contributed by atoms with Gasteiger partial charge in [0.05, 0.1) is 30.7 Å². The van der Waals surface area contributed by atoms with Gasteiger partial charge in [-0.25, -0.2) is 0 Å². The Bertz CT molecular complexity index is 906. The number of methoxy groups -OCH3 is 1. The molecule has 0 unspecified atom stereocenters. The Morgan fingerprint density at radius 1 is 1.19 bits per heavy atom. The van der Waals surface area contributed by atoms with Gasteiger partial charge in [-0.3, -0.25) is 4.79 Å². The lowest BCUT2D eigenvalue weighted by atomic mass is 10.1. The van der Waals surface area contributed by atoms with E-state index in [1.807, 2.05) is 62.4 Å². The maximum absolute atomic E-state index is 12.8. The Morgan fingerprint density at radius 3 is 2.69 bits per heavy atom. The highest BCUT2D eigenvalue weighted by molar-refractivity contribution is 9.10. The SMILES string of the molecule is CCOc1cc(/C=C2\C(=O)N(c3cccc(Br)c3)N=C2C)ccc1OC. The van der Waals surface area contributed by atoms with Crippen LogP contribution in [-0.4, -0.2) is 25.3 Å². The molecule has 0 aliphatic carbocycles. The molecule has 0 radical (unpaired) electrons. The minimum absolute atomic E-state index is 0.158. The summed E-state index contributed by atoms with van der Waals surface area (Å²) in [6.07, 6.45) is 1.82. The fourth-order valence-corrected chi connectivity index (χ4v) is 3.07. The molecule has 0 N–H and O–H groups in total. The van der Waals surface area contributed by atoms with Crippen molar-refractivity contribution in [2.45, 2.75) is 13.8 Å². The van der Waals surface area contributed by atoms with E-state index in [0.29, 0.717) is 29.4 Å². The molecular weight excluding hydrogens is 396 g/mol. The number of hydrogen-bond donors (Lipinski definition) is 0.